The van der Waals surface area contributed by atoms with Gasteiger partial charge in [0.2, 0.25) is 0 Å². The highest BCUT2D eigenvalue weighted by Crippen LogP contribution is 2.31. The lowest BCUT2D eigenvalue weighted by molar-refractivity contribution is -0.384. The lowest BCUT2D eigenvalue weighted by atomic mass is 10.0. The van der Waals surface area contributed by atoms with Crippen LogP contribution in [0.2, 0.25) is 0 Å². The molecule has 2 aromatic rings. The Bertz CT molecular complexity index is 639. The Morgan fingerprint density at radius 1 is 1.20 bits per heavy atom. The van der Waals surface area contributed by atoms with Crippen LogP contribution < -0.4 is 10.5 Å². The van der Waals surface area contributed by atoms with Gasteiger partial charge in [0.1, 0.15) is 5.75 Å². The molecule has 20 heavy (non-hydrogen) atoms. The molecule has 2 rings (SSSR count). The summed E-state index contributed by atoms with van der Waals surface area (Å²) >= 11 is 0. The summed E-state index contributed by atoms with van der Waals surface area (Å²) in [4.78, 5) is 10.2. The van der Waals surface area contributed by atoms with Crippen molar-refractivity contribution in [2.24, 2.45) is 0 Å². The quantitative estimate of drug-likeness (QED) is 0.516. The van der Waals surface area contributed by atoms with Crippen molar-refractivity contribution in [1.29, 1.82) is 0 Å². The topological polar surface area (TPSA) is 78.4 Å². The van der Waals surface area contributed by atoms with Crippen molar-refractivity contribution in [1.82, 2.24) is 0 Å². The Kier molecular flexibility index (Phi) is 3.89. The molecular weight excluding hydrogens is 256 g/mol. The number of hydrogen-bond donors (Lipinski definition) is 1. The molecule has 0 amide bonds. The van der Waals surface area contributed by atoms with E-state index < -0.39 is 4.92 Å². The van der Waals surface area contributed by atoms with Crippen LogP contribution in [0, 0.1) is 10.1 Å². The Morgan fingerprint density at radius 2 is 1.95 bits per heavy atom. The van der Waals surface area contributed by atoms with Gasteiger partial charge in [-0.3, -0.25) is 10.1 Å². The molecule has 0 saturated heterocycles. The smallest absolute Gasteiger partial charge is 0.271 e. The molecule has 0 aliphatic heterocycles. The summed E-state index contributed by atoms with van der Waals surface area (Å²) in [5, 5.41) is 10.7. The molecule has 0 bridgehead atoms. The molecule has 104 valence electrons. The number of nitrogens with two attached hydrogens (primary N) is 1. The number of non-ortho nitro benzene ring substituents is 1. The molecule has 0 heterocycles. The molecule has 0 unspecified atom stereocenters. The number of benzene rings is 2. The molecule has 0 atom stereocenters. The van der Waals surface area contributed by atoms with Crippen molar-refractivity contribution < 1.29 is 9.66 Å². The van der Waals surface area contributed by atoms with E-state index in [1.165, 1.54) is 18.2 Å². The van der Waals surface area contributed by atoms with Crippen LogP contribution >= 0.6 is 0 Å². The average Bonchev–Trinajstić information content (AvgIpc) is 2.41. The first kappa shape index (κ1) is 13.9. The minimum Gasteiger partial charge on any atom is -0.455 e. The number of hydrogen-bond acceptors (Lipinski definition) is 4. The number of rotatable bonds is 4. The van der Waals surface area contributed by atoms with Crippen LogP contribution in [0.5, 0.6) is 11.5 Å². The monoisotopic (exact) mass is 272 g/mol. The molecule has 5 heteroatoms. The third kappa shape index (κ3) is 3.06. The molecule has 0 spiro atoms. The molecule has 0 saturated carbocycles. The third-order valence-electron chi connectivity index (χ3n) is 2.96. The predicted molar refractivity (Wildman–Crippen MR) is 78.1 cm³/mol. The van der Waals surface area contributed by atoms with E-state index in [9.17, 15) is 10.1 Å². The predicted octanol–water partition coefficient (Wildman–Crippen LogP) is 4.09. The Hall–Kier alpha value is -2.56. The highest BCUT2D eigenvalue weighted by molar-refractivity contribution is 5.59. The highest BCUT2D eigenvalue weighted by Gasteiger charge is 2.10. The van der Waals surface area contributed by atoms with E-state index >= 15 is 0 Å². The second-order valence-corrected chi connectivity index (χ2v) is 4.81. The molecule has 0 aliphatic carbocycles. The van der Waals surface area contributed by atoms with Gasteiger partial charge in [0.25, 0.3) is 5.69 Å². The fraction of sp³-hybridized carbons (Fsp3) is 0.200. The summed E-state index contributed by atoms with van der Waals surface area (Å²) in [7, 11) is 0. The van der Waals surface area contributed by atoms with Crippen molar-refractivity contribution in [2.75, 3.05) is 5.73 Å². The van der Waals surface area contributed by atoms with Crippen molar-refractivity contribution in [3.63, 3.8) is 0 Å². The van der Waals surface area contributed by atoms with Crippen LogP contribution in [0.1, 0.15) is 25.3 Å². The van der Waals surface area contributed by atoms with Crippen LogP contribution in [0.3, 0.4) is 0 Å². The van der Waals surface area contributed by atoms with Gasteiger partial charge in [0.05, 0.1) is 10.6 Å². The Labute approximate surface area is 117 Å². The van der Waals surface area contributed by atoms with Gasteiger partial charge in [0.15, 0.2) is 5.75 Å². The van der Waals surface area contributed by atoms with E-state index in [1.54, 1.807) is 0 Å². The van der Waals surface area contributed by atoms with Gasteiger partial charge in [-0.1, -0.05) is 26.0 Å². The SMILES string of the molecule is CC(C)c1cccc(Oc2ccc([N+](=O)[O-])cc2N)c1. The third-order valence-corrected chi connectivity index (χ3v) is 2.96. The molecule has 5 nitrogen and oxygen atoms in total. The molecule has 0 radical (unpaired) electrons. The summed E-state index contributed by atoms with van der Waals surface area (Å²) < 4.78 is 5.69. The number of nitro groups is 1. The van der Waals surface area contributed by atoms with Gasteiger partial charge in [-0.05, 0) is 29.7 Å². The zero-order valence-corrected chi connectivity index (χ0v) is 11.4. The summed E-state index contributed by atoms with van der Waals surface area (Å²) in [6, 6.07) is 11.9. The fourth-order valence-electron chi connectivity index (χ4n) is 1.81. The standard InChI is InChI=1S/C15H16N2O3/c1-10(2)11-4-3-5-13(8-11)20-15-7-6-12(17(18)19)9-14(15)16/h3-10H,16H2,1-2H3. The minimum atomic E-state index is -0.487. The van der Waals surface area contributed by atoms with Gasteiger partial charge in [0, 0.05) is 12.1 Å². The first-order valence-electron chi connectivity index (χ1n) is 6.29. The lowest BCUT2D eigenvalue weighted by Crippen LogP contribution is -1.95. The highest BCUT2D eigenvalue weighted by atomic mass is 16.6. The zero-order chi connectivity index (χ0) is 14.7. The normalized spacial score (nSPS) is 10.6. The first-order chi connectivity index (χ1) is 9.47. The number of anilines is 1. The number of nitro benzene ring substituents is 1. The summed E-state index contributed by atoms with van der Waals surface area (Å²) in [6.45, 7) is 4.19. The molecule has 2 aromatic carbocycles. The number of nitrogens with zero attached hydrogens (tertiary/aromatic N) is 1. The van der Waals surface area contributed by atoms with Crippen LogP contribution in [0.15, 0.2) is 42.5 Å². The van der Waals surface area contributed by atoms with E-state index in [4.69, 9.17) is 10.5 Å². The molecule has 0 aromatic heterocycles. The van der Waals surface area contributed by atoms with Crippen LogP contribution in [-0.2, 0) is 0 Å². The second-order valence-electron chi connectivity index (χ2n) is 4.81. The van der Waals surface area contributed by atoms with Crippen LogP contribution in [0.25, 0.3) is 0 Å². The maximum Gasteiger partial charge on any atom is 0.271 e. The summed E-state index contributed by atoms with van der Waals surface area (Å²) in [6.07, 6.45) is 0. The molecule has 0 fully saturated rings. The van der Waals surface area contributed by atoms with Crippen LogP contribution in [0.4, 0.5) is 11.4 Å². The summed E-state index contributed by atoms with van der Waals surface area (Å²) in [5.41, 5.74) is 7.13. The Balaban J connectivity index is 2.26. The van der Waals surface area contributed by atoms with Crippen molar-refractivity contribution >= 4 is 11.4 Å². The lowest BCUT2D eigenvalue weighted by Gasteiger charge is -2.11. The van der Waals surface area contributed by atoms with Gasteiger partial charge in [-0.15, -0.1) is 0 Å². The van der Waals surface area contributed by atoms with Gasteiger partial charge in [-0.2, -0.15) is 0 Å². The maximum absolute atomic E-state index is 10.7. The molecule has 0 aliphatic rings. The largest absolute Gasteiger partial charge is 0.455 e. The van der Waals surface area contributed by atoms with Crippen molar-refractivity contribution in [3.05, 3.63) is 58.1 Å². The second kappa shape index (κ2) is 5.61. The average molecular weight is 272 g/mol. The van der Waals surface area contributed by atoms with E-state index in [1.807, 2.05) is 24.3 Å². The number of ether oxygens (including phenoxy) is 1. The first-order valence-corrected chi connectivity index (χ1v) is 6.29. The number of nitrogen functional groups attached to an aromatic ring is 1. The van der Waals surface area contributed by atoms with Crippen LogP contribution in [-0.4, -0.2) is 4.92 Å². The zero-order valence-electron chi connectivity index (χ0n) is 11.4. The van der Waals surface area contributed by atoms with E-state index in [0.717, 1.165) is 5.56 Å². The van der Waals surface area contributed by atoms with Gasteiger partial charge >= 0.3 is 0 Å². The maximum atomic E-state index is 10.7. The summed E-state index contributed by atoms with van der Waals surface area (Å²) in [5.74, 6) is 1.47. The van der Waals surface area contributed by atoms with Crippen molar-refractivity contribution in [3.8, 4) is 11.5 Å². The Morgan fingerprint density at radius 3 is 2.55 bits per heavy atom. The van der Waals surface area contributed by atoms with Gasteiger partial charge in [-0.25, -0.2) is 0 Å². The molecule has 2 N–H and O–H groups in total. The fourth-order valence-corrected chi connectivity index (χ4v) is 1.81. The molecular formula is C15H16N2O3. The van der Waals surface area contributed by atoms with Gasteiger partial charge < -0.3 is 10.5 Å². The van der Waals surface area contributed by atoms with E-state index in [-0.39, 0.29) is 11.4 Å². The van der Waals surface area contributed by atoms with E-state index in [0.29, 0.717) is 17.4 Å². The van der Waals surface area contributed by atoms with Crippen molar-refractivity contribution in [2.45, 2.75) is 19.8 Å². The minimum absolute atomic E-state index is 0.0502. The van der Waals surface area contributed by atoms with E-state index in [2.05, 4.69) is 13.8 Å².